The van der Waals surface area contributed by atoms with Gasteiger partial charge in [0.2, 0.25) is 0 Å². The summed E-state index contributed by atoms with van der Waals surface area (Å²) in [6.07, 6.45) is 1.59. The van der Waals surface area contributed by atoms with Crippen LogP contribution in [0.25, 0.3) is 0 Å². The lowest BCUT2D eigenvalue weighted by molar-refractivity contribution is 0.0852. The van der Waals surface area contributed by atoms with Crippen LogP contribution in [-0.4, -0.2) is 19.4 Å². The van der Waals surface area contributed by atoms with Crippen molar-refractivity contribution in [3.63, 3.8) is 0 Å². The third-order valence-electron chi connectivity index (χ3n) is 4.22. The van der Waals surface area contributed by atoms with Crippen molar-refractivity contribution in [1.29, 1.82) is 0 Å². The minimum absolute atomic E-state index is 0.0592. The number of hydrogen-bond acceptors (Lipinski definition) is 4. The highest BCUT2D eigenvalue weighted by atomic mass is 79.9. The van der Waals surface area contributed by atoms with Crippen LogP contribution < -0.4 is 9.47 Å². The van der Waals surface area contributed by atoms with E-state index in [-0.39, 0.29) is 6.10 Å². The fourth-order valence-corrected chi connectivity index (χ4v) is 3.58. The molecule has 2 aliphatic rings. The second-order valence-corrected chi connectivity index (χ2v) is 6.48. The van der Waals surface area contributed by atoms with Gasteiger partial charge in [0.25, 0.3) is 0 Å². The highest BCUT2D eigenvalue weighted by molar-refractivity contribution is 9.10. The number of benzene rings is 2. The fourth-order valence-electron chi connectivity index (χ4n) is 3.04. The molecule has 4 rings (SSSR count). The van der Waals surface area contributed by atoms with Gasteiger partial charge in [-0.1, -0.05) is 39.3 Å². The van der Waals surface area contributed by atoms with Crippen molar-refractivity contribution in [1.82, 2.24) is 0 Å². The van der Waals surface area contributed by atoms with Crippen LogP contribution in [-0.2, 0) is 11.3 Å². The maximum atomic E-state index is 5.67. The van der Waals surface area contributed by atoms with E-state index in [1.54, 1.807) is 7.11 Å². The molecule has 2 aliphatic heterocycles. The molecule has 0 fully saturated rings. The Kier molecular flexibility index (Phi) is 3.73. The van der Waals surface area contributed by atoms with Crippen molar-refractivity contribution in [2.75, 3.05) is 13.7 Å². The van der Waals surface area contributed by atoms with Crippen molar-refractivity contribution in [2.24, 2.45) is 5.16 Å². The molecule has 0 saturated heterocycles. The Balaban J connectivity index is 1.62. The molecular weight excluding hydrogens is 358 g/mol. The van der Waals surface area contributed by atoms with E-state index in [4.69, 9.17) is 14.3 Å². The molecular formula is C18H16BrNO3. The van der Waals surface area contributed by atoms with Gasteiger partial charge in [-0.05, 0) is 18.2 Å². The molecule has 1 atom stereocenters. The van der Waals surface area contributed by atoms with Crippen LogP contribution in [0.3, 0.4) is 0 Å². The molecule has 2 aromatic carbocycles. The van der Waals surface area contributed by atoms with Crippen LogP contribution in [0.1, 0.15) is 29.2 Å². The first kappa shape index (κ1) is 14.6. The van der Waals surface area contributed by atoms with E-state index in [9.17, 15) is 0 Å². The number of fused-ring (bicyclic) bond motifs is 1. The smallest absolute Gasteiger partial charge is 0.164 e. The van der Waals surface area contributed by atoms with Gasteiger partial charge in [0, 0.05) is 34.0 Å². The number of methoxy groups -OCH3 is 1. The average molecular weight is 374 g/mol. The minimum Gasteiger partial charge on any atom is -0.493 e. The number of hydrogen-bond donors (Lipinski definition) is 0. The number of ether oxygens (including phenoxy) is 2. The standard InChI is InChI=1S/C18H16BrNO3/c1-21-17-9-12(8-11-6-7-22-18(11)17)15-10-16(23-20-15)13-4-2-3-5-14(13)19/h2-5,8-9,16H,6-7,10H2,1H3. The van der Waals surface area contributed by atoms with Gasteiger partial charge in [-0.2, -0.15) is 0 Å². The van der Waals surface area contributed by atoms with Gasteiger partial charge >= 0.3 is 0 Å². The average Bonchev–Trinajstić information content (AvgIpc) is 3.23. The lowest BCUT2D eigenvalue weighted by atomic mass is 9.98. The molecule has 23 heavy (non-hydrogen) atoms. The van der Waals surface area contributed by atoms with E-state index in [1.165, 1.54) is 5.56 Å². The predicted molar refractivity (Wildman–Crippen MR) is 91.3 cm³/mol. The molecule has 0 aliphatic carbocycles. The number of nitrogens with zero attached hydrogens (tertiary/aromatic N) is 1. The van der Waals surface area contributed by atoms with Crippen LogP contribution in [0.15, 0.2) is 46.0 Å². The molecule has 0 saturated carbocycles. The van der Waals surface area contributed by atoms with Crippen molar-refractivity contribution in [3.8, 4) is 11.5 Å². The molecule has 5 heteroatoms. The van der Waals surface area contributed by atoms with Crippen molar-refractivity contribution < 1.29 is 14.3 Å². The van der Waals surface area contributed by atoms with Gasteiger partial charge in [-0.15, -0.1) is 0 Å². The molecule has 0 spiro atoms. The van der Waals surface area contributed by atoms with Crippen LogP contribution in [0.5, 0.6) is 11.5 Å². The lowest BCUT2D eigenvalue weighted by Gasteiger charge is -2.11. The molecule has 0 aromatic heterocycles. The Morgan fingerprint density at radius 2 is 2.13 bits per heavy atom. The maximum Gasteiger partial charge on any atom is 0.164 e. The summed E-state index contributed by atoms with van der Waals surface area (Å²) in [5.74, 6) is 1.63. The van der Waals surface area contributed by atoms with Crippen LogP contribution in [0.4, 0.5) is 0 Å². The minimum atomic E-state index is -0.0592. The van der Waals surface area contributed by atoms with Crippen LogP contribution in [0.2, 0.25) is 0 Å². The highest BCUT2D eigenvalue weighted by Crippen LogP contribution is 2.39. The van der Waals surface area contributed by atoms with E-state index < -0.39 is 0 Å². The van der Waals surface area contributed by atoms with Gasteiger partial charge in [-0.25, -0.2) is 0 Å². The van der Waals surface area contributed by atoms with E-state index in [0.717, 1.165) is 45.7 Å². The summed E-state index contributed by atoms with van der Waals surface area (Å²) in [6, 6.07) is 12.2. The maximum absolute atomic E-state index is 5.67. The zero-order chi connectivity index (χ0) is 15.8. The van der Waals surface area contributed by atoms with E-state index in [1.807, 2.05) is 24.3 Å². The van der Waals surface area contributed by atoms with Crippen LogP contribution in [0, 0.1) is 0 Å². The SMILES string of the molecule is COc1cc(C2=NOC(c3ccccc3Br)C2)cc2c1OCC2. The Bertz CT molecular complexity index is 788. The summed E-state index contributed by atoms with van der Waals surface area (Å²) in [7, 11) is 1.66. The van der Waals surface area contributed by atoms with E-state index in [0.29, 0.717) is 6.61 Å². The van der Waals surface area contributed by atoms with E-state index >= 15 is 0 Å². The lowest BCUT2D eigenvalue weighted by Crippen LogP contribution is -2.03. The molecule has 0 radical (unpaired) electrons. The first-order chi connectivity index (χ1) is 11.3. The molecule has 0 bridgehead atoms. The third kappa shape index (κ3) is 2.59. The topological polar surface area (TPSA) is 40.0 Å². The fraction of sp³-hybridized carbons (Fsp3) is 0.278. The number of halogens is 1. The van der Waals surface area contributed by atoms with Crippen molar-refractivity contribution in [3.05, 3.63) is 57.6 Å². The summed E-state index contributed by atoms with van der Waals surface area (Å²) in [6.45, 7) is 0.706. The molecule has 2 aromatic rings. The first-order valence-corrected chi connectivity index (χ1v) is 8.37. The Morgan fingerprint density at radius 1 is 1.26 bits per heavy atom. The summed E-state index contributed by atoms with van der Waals surface area (Å²) in [5.41, 5.74) is 4.27. The van der Waals surface area contributed by atoms with Gasteiger partial charge in [-0.3, -0.25) is 0 Å². The predicted octanol–water partition coefficient (Wildman–Crippen LogP) is 4.26. The third-order valence-corrected chi connectivity index (χ3v) is 4.95. The van der Waals surface area contributed by atoms with E-state index in [2.05, 4.69) is 33.2 Å². The van der Waals surface area contributed by atoms with Gasteiger partial charge in [0.15, 0.2) is 17.6 Å². The van der Waals surface area contributed by atoms with Crippen molar-refractivity contribution >= 4 is 21.6 Å². The summed E-state index contributed by atoms with van der Waals surface area (Å²) >= 11 is 3.58. The zero-order valence-electron chi connectivity index (χ0n) is 12.7. The molecule has 118 valence electrons. The number of rotatable bonds is 3. The summed E-state index contributed by atoms with van der Waals surface area (Å²) in [5, 5.41) is 4.31. The molecule has 2 heterocycles. The molecule has 4 nitrogen and oxygen atoms in total. The van der Waals surface area contributed by atoms with Gasteiger partial charge in [0.1, 0.15) is 0 Å². The largest absolute Gasteiger partial charge is 0.493 e. The second-order valence-electron chi connectivity index (χ2n) is 5.62. The number of oxime groups is 1. The monoisotopic (exact) mass is 373 g/mol. The summed E-state index contributed by atoms with van der Waals surface area (Å²) < 4.78 is 12.1. The quantitative estimate of drug-likeness (QED) is 0.806. The van der Waals surface area contributed by atoms with Crippen molar-refractivity contribution in [2.45, 2.75) is 18.9 Å². The van der Waals surface area contributed by atoms with Crippen LogP contribution >= 0.6 is 15.9 Å². The first-order valence-electron chi connectivity index (χ1n) is 7.57. The Labute approximate surface area is 143 Å². The summed E-state index contributed by atoms with van der Waals surface area (Å²) in [4.78, 5) is 5.67. The van der Waals surface area contributed by atoms with Gasteiger partial charge in [0.05, 0.1) is 19.4 Å². The zero-order valence-corrected chi connectivity index (χ0v) is 14.3. The Hall–Kier alpha value is -2.01. The highest BCUT2D eigenvalue weighted by Gasteiger charge is 2.27. The molecule has 0 amide bonds. The molecule has 1 unspecified atom stereocenters. The molecule has 0 N–H and O–H groups in total. The second kappa shape index (κ2) is 5.89. The Morgan fingerprint density at radius 3 is 2.96 bits per heavy atom. The normalized spacial score (nSPS) is 18.9. The van der Waals surface area contributed by atoms with Gasteiger partial charge < -0.3 is 14.3 Å².